The number of benzene rings is 1. The summed E-state index contributed by atoms with van der Waals surface area (Å²) in [5.74, 6) is 1.21. The van der Waals surface area contributed by atoms with Crippen molar-refractivity contribution in [3.63, 3.8) is 0 Å². The number of nitrogens with zero attached hydrogens (tertiary/aromatic N) is 3. The fraction of sp³-hybridized carbons (Fsp3) is 0.353. The van der Waals surface area contributed by atoms with E-state index in [9.17, 15) is 4.79 Å². The van der Waals surface area contributed by atoms with Crippen LogP contribution in [0.3, 0.4) is 0 Å². The van der Waals surface area contributed by atoms with E-state index in [0.29, 0.717) is 28.7 Å². The van der Waals surface area contributed by atoms with Gasteiger partial charge in [-0.1, -0.05) is 23.9 Å². The Morgan fingerprint density at radius 3 is 2.75 bits per heavy atom. The largest absolute Gasteiger partial charge is 0.504 e. The summed E-state index contributed by atoms with van der Waals surface area (Å²) in [6, 6.07) is 9.24. The highest BCUT2D eigenvalue weighted by atomic mass is 32.2. The van der Waals surface area contributed by atoms with Crippen molar-refractivity contribution in [3.05, 3.63) is 36.1 Å². The smallest absolute Gasteiger partial charge is 0.263 e. The van der Waals surface area contributed by atoms with Gasteiger partial charge in [-0.25, -0.2) is 0 Å². The third kappa shape index (κ3) is 4.09. The zero-order chi connectivity index (χ0) is 17.5. The zero-order valence-electron chi connectivity index (χ0n) is 13.9. The Morgan fingerprint density at radius 1 is 1.46 bits per heavy atom. The van der Waals surface area contributed by atoms with Crippen molar-refractivity contribution in [3.8, 4) is 11.8 Å². The monoisotopic (exact) mass is 345 g/mol. The van der Waals surface area contributed by atoms with E-state index in [0.717, 1.165) is 5.56 Å². The third-order valence-corrected chi connectivity index (χ3v) is 4.67. The maximum atomic E-state index is 12.8. The molecule has 0 saturated carbocycles. The van der Waals surface area contributed by atoms with E-state index in [-0.39, 0.29) is 11.9 Å². The summed E-state index contributed by atoms with van der Waals surface area (Å²) in [5, 5.41) is 9.39. The van der Waals surface area contributed by atoms with Crippen LogP contribution >= 0.6 is 11.8 Å². The Morgan fingerprint density at radius 2 is 2.17 bits per heavy atom. The average molecular weight is 345 g/mol. The molecule has 1 aliphatic rings. The summed E-state index contributed by atoms with van der Waals surface area (Å²) in [5.41, 5.74) is 1.15. The van der Waals surface area contributed by atoms with E-state index in [1.807, 2.05) is 0 Å². The highest BCUT2D eigenvalue weighted by Crippen LogP contribution is 2.26. The molecule has 7 heteroatoms. The second kappa shape index (κ2) is 8.41. The maximum absolute atomic E-state index is 12.8. The second-order valence-electron chi connectivity index (χ2n) is 5.10. The lowest BCUT2D eigenvalue weighted by atomic mass is 10.1. The molecule has 1 aromatic rings. The van der Waals surface area contributed by atoms with Gasteiger partial charge in [-0.05, 0) is 17.7 Å². The summed E-state index contributed by atoms with van der Waals surface area (Å²) in [4.78, 5) is 18.8. The predicted octanol–water partition coefficient (Wildman–Crippen LogP) is 2.53. The van der Waals surface area contributed by atoms with Crippen LogP contribution in [-0.2, 0) is 9.53 Å². The highest BCUT2D eigenvalue weighted by molar-refractivity contribution is 8.14. The molecular formula is C17H19N3O3S. The topological polar surface area (TPSA) is 74.9 Å². The van der Waals surface area contributed by atoms with E-state index in [1.165, 1.54) is 30.0 Å². The number of thioether (sulfide) groups is 1. The van der Waals surface area contributed by atoms with Crippen LogP contribution in [0.4, 0.5) is 0 Å². The number of likely N-dealkylation sites (N-methyl/N-ethyl adjacent to an activating group) is 1. The minimum Gasteiger partial charge on any atom is -0.504 e. The van der Waals surface area contributed by atoms with Gasteiger partial charge in [0.05, 0.1) is 44.6 Å². The normalized spacial score (nSPS) is 17.0. The number of ether oxygens (including phenoxy) is 2. The first-order valence-electron chi connectivity index (χ1n) is 7.33. The van der Waals surface area contributed by atoms with Crippen molar-refractivity contribution < 1.29 is 14.3 Å². The SMILES string of the molecule is CO/C=C(/C(=O)N(C)C1=NC(CC#N)CS1)c1ccc(OC)cc1. The molecule has 24 heavy (non-hydrogen) atoms. The van der Waals surface area contributed by atoms with E-state index in [2.05, 4.69) is 11.1 Å². The lowest BCUT2D eigenvalue weighted by molar-refractivity contribution is -0.120. The van der Waals surface area contributed by atoms with Gasteiger partial charge in [-0.15, -0.1) is 0 Å². The quantitative estimate of drug-likeness (QED) is 0.605. The Hall–Kier alpha value is -2.46. The van der Waals surface area contributed by atoms with Gasteiger partial charge in [0.1, 0.15) is 5.75 Å². The van der Waals surface area contributed by atoms with Gasteiger partial charge < -0.3 is 9.47 Å². The van der Waals surface area contributed by atoms with Gasteiger partial charge in [0.25, 0.3) is 5.91 Å². The fourth-order valence-electron chi connectivity index (χ4n) is 2.19. The van der Waals surface area contributed by atoms with Crippen LogP contribution in [0.15, 0.2) is 35.5 Å². The number of amidine groups is 1. The summed E-state index contributed by atoms with van der Waals surface area (Å²) in [7, 11) is 4.77. The molecular weight excluding hydrogens is 326 g/mol. The summed E-state index contributed by atoms with van der Waals surface area (Å²) >= 11 is 1.48. The molecule has 1 atom stereocenters. The van der Waals surface area contributed by atoms with Gasteiger partial charge in [0, 0.05) is 12.8 Å². The Kier molecular flexibility index (Phi) is 6.27. The van der Waals surface area contributed by atoms with Crippen molar-refractivity contribution in [1.29, 1.82) is 5.26 Å². The number of methoxy groups -OCH3 is 2. The molecule has 126 valence electrons. The van der Waals surface area contributed by atoms with Crippen molar-refractivity contribution in [2.75, 3.05) is 27.0 Å². The number of carbonyl (C=O) groups excluding carboxylic acids is 1. The van der Waals surface area contributed by atoms with Crippen LogP contribution in [0, 0.1) is 11.3 Å². The molecule has 0 N–H and O–H groups in total. The number of hydrogen-bond acceptors (Lipinski definition) is 6. The average Bonchev–Trinajstić information content (AvgIpc) is 3.07. The lowest BCUT2D eigenvalue weighted by Crippen LogP contribution is -2.31. The highest BCUT2D eigenvalue weighted by Gasteiger charge is 2.26. The molecule has 0 radical (unpaired) electrons. The molecule has 0 fully saturated rings. The molecule has 0 aliphatic carbocycles. The molecule has 1 heterocycles. The van der Waals surface area contributed by atoms with Gasteiger partial charge in [0.15, 0.2) is 5.17 Å². The zero-order valence-corrected chi connectivity index (χ0v) is 14.7. The molecule has 6 nitrogen and oxygen atoms in total. The van der Waals surface area contributed by atoms with E-state index in [4.69, 9.17) is 14.7 Å². The number of hydrogen-bond donors (Lipinski definition) is 0. The first-order chi connectivity index (χ1) is 11.6. The number of carbonyl (C=O) groups is 1. The van der Waals surface area contributed by atoms with E-state index in [1.54, 1.807) is 38.4 Å². The maximum Gasteiger partial charge on any atom is 0.263 e. The minimum atomic E-state index is -0.217. The summed E-state index contributed by atoms with van der Waals surface area (Å²) in [6.45, 7) is 0. The second-order valence-corrected chi connectivity index (χ2v) is 6.09. The van der Waals surface area contributed by atoms with Crippen LogP contribution in [0.2, 0.25) is 0 Å². The van der Waals surface area contributed by atoms with Crippen LogP contribution in [0.1, 0.15) is 12.0 Å². The first kappa shape index (κ1) is 17.9. The van der Waals surface area contributed by atoms with Crippen molar-refractivity contribution in [2.45, 2.75) is 12.5 Å². The van der Waals surface area contributed by atoms with Gasteiger partial charge in [0.2, 0.25) is 0 Å². The fourth-order valence-corrected chi connectivity index (χ4v) is 3.23. The van der Waals surface area contributed by atoms with Crippen LogP contribution in [0.5, 0.6) is 5.75 Å². The number of amides is 1. The van der Waals surface area contributed by atoms with Crippen LogP contribution in [-0.4, -0.2) is 49.0 Å². The molecule has 0 bridgehead atoms. The lowest BCUT2D eigenvalue weighted by Gasteiger charge is -2.18. The molecule has 0 spiro atoms. The molecule has 1 unspecified atom stereocenters. The van der Waals surface area contributed by atoms with Gasteiger partial charge in [-0.3, -0.25) is 14.7 Å². The van der Waals surface area contributed by atoms with Gasteiger partial charge >= 0.3 is 0 Å². The van der Waals surface area contributed by atoms with Crippen molar-refractivity contribution in [1.82, 2.24) is 4.90 Å². The Labute approximate surface area is 145 Å². The number of nitriles is 1. The van der Waals surface area contributed by atoms with Crippen LogP contribution < -0.4 is 4.74 Å². The van der Waals surface area contributed by atoms with Crippen LogP contribution in [0.25, 0.3) is 5.57 Å². The van der Waals surface area contributed by atoms with E-state index < -0.39 is 0 Å². The first-order valence-corrected chi connectivity index (χ1v) is 8.32. The number of rotatable bonds is 5. The molecule has 0 aromatic heterocycles. The standard InChI is InChI=1S/C17H19N3O3S/c1-20(17-19-13(8-9-18)11-24-17)16(21)15(10-22-2)12-4-6-14(23-3)7-5-12/h4-7,10,13H,8,11H2,1-3H3/b15-10+. The molecule has 1 aromatic carbocycles. The van der Waals surface area contributed by atoms with Gasteiger partial charge in [-0.2, -0.15) is 5.26 Å². The summed E-state index contributed by atoms with van der Waals surface area (Å²) in [6.07, 6.45) is 1.78. The molecule has 0 saturated heterocycles. The molecule has 2 rings (SSSR count). The Bertz CT molecular complexity index is 692. The predicted molar refractivity (Wildman–Crippen MR) is 94.7 cm³/mol. The number of aliphatic imine (C=N–C) groups is 1. The summed E-state index contributed by atoms with van der Waals surface area (Å²) < 4.78 is 10.2. The Balaban J connectivity index is 2.21. The van der Waals surface area contributed by atoms with Crippen molar-refractivity contribution in [2.24, 2.45) is 4.99 Å². The third-order valence-electron chi connectivity index (χ3n) is 3.48. The molecule has 1 aliphatic heterocycles. The van der Waals surface area contributed by atoms with E-state index >= 15 is 0 Å². The minimum absolute atomic E-state index is 0.0545. The van der Waals surface area contributed by atoms with Crippen molar-refractivity contribution >= 4 is 28.4 Å². The molecule has 1 amide bonds.